The van der Waals surface area contributed by atoms with E-state index < -0.39 is 18.5 Å². The van der Waals surface area contributed by atoms with Gasteiger partial charge in [-0.3, -0.25) is 4.79 Å². The summed E-state index contributed by atoms with van der Waals surface area (Å²) in [6.07, 6.45) is 0. The summed E-state index contributed by atoms with van der Waals surface area (Å²) in [4.78, 5) is 25.3. The third kappa shape index (κ3) is 4.04. The van der Waals surface area contributed by atoms with Crippen molar-refractivity contribution in [1.82, 2.24) is 15.0 Å². The summed E-state index contributed by atoms with van der Waals surface area (Å²) < 4.78 is 5.00. The molecule has 0 saturated carbocycles. The van der Waals surface area contributed by atoms with Gasteiger partial charge in [0.25, 0.3) is 5.91 Å². The number of nitrogens with zero attached hydrogens (tertiary/aromatic N) is 3. The maximum Gasteiger partial charge on any atom is 0.361 e. The van der Waals surface area contributed by atoms with Crippen molar-refractivity contribution in [3.05, 3.63) is 66.0 Å². The van der Waals surface area contributed by atoms with Crippen LogP contribution in [0.2, 0.25) is 0 Å². The van der Waals surface area contributed by atoms with E-state index in [-0.39, 0.29) is 11.4 Å². The van der Waals surface area contributed by atoms with Gasteiger partial charge in [-0.1, -0.05) is 18.2 Å². The number of amides is 1. The monoisotopic (exact) mass is 352 g/mol. The molecule has 132 valence electrons. The Labute approximate surface area is 149 Å². The van der Waals surface area contributed by atoms with Gasteiger partial charge in [0.15, 0.2) is 12.3 Å². The van der Waals surface area contributed by atoms with Crippen molar-refractivity contribution in [2.45, 2.75) is 6.92 Å². The van der Waals surface area contributed by atoms with Crippen LogP contribution in [0, 0.1) is 6.92 Å². The van der Waals surface area contributed by atoms with Crippen LogP contribution in [0.5, 0.6) is 5.75 Å². The number of aryl methyl sites for hydroxylation is 1. The SMILES string of the molecule is Cc1nn(-c2ccccc2)nc1C(=O)OCC(=O)Nc1ccc(O)cc1. The van der Waals surface area contributed by atoms with Gasteiger partial charge in [-0.05, 0) is 43.3 Å². The first-order chi connectivity index (χ1) is 12.5. The number of carbonyl (C=O) groups excluding carboxylic acids is 2. The van der Waals surface area contributed by atoms with E-state index in [2.05, 4.69) is 15.5 Å². The van der Waals surface area contributed by atoms with Gasteiger partial charge >= 0.3 is 5.97 Å². The average Bonchev–Trinajstić information content (AvgIpc) is 3.04. The second-order valence-corrected chi connectivity index (χ2v) is 5.43. The molecule has 3 rings (SSSR count). The van der Waals surface area contributed by atoms with Gasteiger partial charge in [0.05, 0.1) is 11.4 Å². The fourth-order valence-corrected chi connectivity index (χ4v) is 2.19. The molecule has 0 aliphatic heterocycles. The number of anilines is 1. The lowest BCUT2D eigenvalue weighted by Crippen LogP contribution is -2.21. The smallest absolute Gasteiger partial charge is 0.361 e. The van der Waals surface area contributed by atoms with Gasteiger partial charge in [0, 0.05) is 5.69 Å². The molecule has 0 unspecified atom stereocenters. The lowest BCUT2D eigenvalue weighted by Gasteiger charge is -2.06. The lowest BCUT2D eigenvalue weighted by molar-refractivity contribution is -0.119. The number of hydrogen-bond donors (Lipinski definition) is 2. The van der Waals surface area contributed by atoms with E-state index in [1.807, 2.05) is 18.2 Å². The summed E-state index contributed by atoms with van der Waals surface area (Å²) in [7, 11) is 0. The standard InChI is InChI=1S/C18H16N4O4/c1-12-17(21-22(20-12)14-5-3-2-4-6-14)18(25)26-11-16(24)19-13-7-9-15(23)10-8-13/h2-10,23H,11H2,1H3,(H,19,24). The van der Waals surface area contributed by atoms with Crippen LogP contribution in [-0.4, -0.2) is 38.6 Å². The molecule has 0 aliphatic carbocycles. The fraction of sp³-hybridized carbons (Fsp3) is 0.111. The molecule has 0 spiro atoms. The number of rotatable bonds is 5. The predicted molar refractivity (Wildman–Crippen MR) is 93.1 cm³/mol. The Morgan fingerprint density at radius 1 is 1.08 bits per heavy atom. The predicted octanol–water partition coefficient (Wildman–Crippen LogP) is 2.08. The van der Waals surface area contributed by atoms with Gasteiger partial charge < -0.3 is 15.2 Å². The van der Waals surface area contributed by atoms with Gasteiger partial charge in [-0.2, -0.15) is 9.90 Å². The summed E-state index contributed by atoms with van der Waals surface area (Å²) in [5, 5.41) is 20.1. The molecule has 26 heavy (non-hydrogen) atoms. The Morgan fingerprint density at radius 3 is 2.46 bits per heavy atom. The first-order valence-electron chi connectivity index (χ1n) is 7.78. The molecule has 2 N–H and O–H groups in total. The number of phenols is 1. The summed E-state index contributed by atoms with van der Waals surface area (Å²) in [5.41, 5.74) is 1.64. The minimum Gasteiger partial charge on any atom is -0.508 e. The van der Waals surface area contributed by atoms with Crippen molar-refractivity contribution in [3.63, 3.8) is 0 Å². The number of aromatic nitrogens is 3. The Bertz CT molecular complexity index is 920. The highest BCUT2D eigenvalue weighted by molar-refractivity contribution is 5.95. The van der Waals surface area contributed by atoms with Crippen LogP contribution in [0.15, 0.2) is 54.6 Å². The zero-order valence-corrected chi connectivity index (χ0v) is 13.9. The molecule has 2 aromatic carbocycles. The summed E-state index contributed by atoms with van der Waals surface area (Å²) >= 11 is 0. The number of nitrogens with one attached hydrogen (secondary N) is 1. The molecule has 0 saturated heterocycles. The second kappa shape index (κ2) is 7.47. The van der Waals surface area contributed by atoms with Crippen molar-refractivity contribution in [2.75, 3.05) is 11.9 Å². The van der Waals surface area contributed by atoms with Crippen molar-refractivity contribution < 1.29 is 19.4 Å². The minimum atomic E-state index is -0.731. The topological polar surface area (TPSA) is 106 Å². The van der Waals surface area contributed by atoms with Crippen molar-refractivity contribution in [3.8, 4) is 11.4 Å². The van der Waals surface area contributed by atoms with Crippen LogP contribution in [0.25, 0.3) is 5.69 Å². The number of esters is 1. The van der Waals surface area contributed by atoms with Crippen LogP contribution in [0.4, 0.5) is 5.69 Å². The highest BCUT2D eigenvalue weighted by Crippen LogP contribution is 2.14. The van der Waals surface area contributed by atoms with Crippen molar-refractivity contribution in [1.29, 1.82) is 0 Å². The highest BCUT2D eigenvalue weighted by atomic mass is 16.5. The maximum atomic E-state index is 12.2. The third-order valence-corrected chi connectivity index (χ3v) is 3.45. The molecule has 8 heteroatoms. The molecular weight excluding hydrogens is 336 g/mol. The van der Waals surface area contributed by atoms with E-state index in [9.17, 15) is 14.7 Å². The quantitative estimate of drug-likeness (QED) is 0.538. The van der Waals surface area contributed by atoms with Gasteiger partial charge in [0.1, 0.15) is 5.75 Å². The van der Waals surface area contributed by atoms with Crippen molar-refractivity contribution >= 4 is 17.6 Å². The van der Waals surface area contributed by atoms with E-state index in [4.69, 9.17) is 4.74 Å². The van der Waals surface area contributed by atoms with Gasteiger partial charge in [0.2, 0.25) is 0 Å². The number of hydrogen-bond acceptors (Lipinski definition) is 6. The first-order valence-corrected chi connectivity index (χ1v) is 7.78. The Morgan fingerprint density at radius 2 is 1.77 bits per heavy atom. The molecule has 0 fully saturated rings. The minimum absolute atomic E-state index is 0.0475. The zero-order chi connectivity index (χ0) is 18.5. The third-order valence-electron chi connectivity index (χ3n) is 3.45. The largest absolute Gasteiger partial charge is 0.508 e. The Hall–Kier alpha value is -3.68. The number of para-hydroxylation sites is 1. The number of ether oxygens (including phenoxy) is 1. The molecule has 1 amide bonds. The average molecular weight is 352 g/mol. The van der Waals surface area contributed by atoms with E-state index in [1.165, 1.54) is 29.1 Å². The number of phenolic OH excluding ortho intramolecular Hbond substituents is 1. The Kier molecular flexibility index (Phi) is 4.93. The van der Waals surface area contributed by atoms with E-state index in [1.54, 1.807) is 19.1 Å². The van der Waals surface area contributed by atoms with Gasteiger partial charge in [-0.15, -0.1) is 5.10 Å². The molecule has 0 aliphatic rings. The molecule has 0 bridgehead atoms. The van der Waals surface area contributed by atoms with E-state index in [0.717, 1.165) is 0 Å². The molecule has 0 radical (unpaired) electrons. The van der Waals surface area contributed by atoms with Crippen LogP contribution in [0.1, 0.15) is 16.2 Å². The summed E-state index contributed by atoms with van der Waals surface area (Å²) in [6.45, 7) is 1.18. The summed E-state index contributed by atoms with van der Waals surface area (Å²) in [6, 6.07) is 15.1. The van der Waals surface area contributed by atoms with Crippen LogP contribution < -0.4 is 5.32 Å². The molecule has 8 nitrogen and oxygen atoms in total. The van der Waals surface area contributed by atoms with E-state index >= 15 is 0 Å². The normalized spacial score (nSPS) is 10.3. The number of aromatic hydroxyl groups is 1. The lowest BCUT2D eigenvalue weighted by atomic mass is 10.3. The molecule has 0 atom stereocenters. The molecule has 1 aromatic heterocycles. The molecular formula is C18H16N4O4. The first kappa shape index (κ1) is 17.2. The van der Waals surface area contributed by atoms with Crippen molar-refractivity contribution in [2.24, 2.45) is 0 Å². The van der Waals surface area contributed by atoms with Crippen LogP contribution in [0.3, 0.4) is 0 Å². The molecule has 3 aromatic rings. The highest BCUT2D eigenvalue weighted by Gasteiger charge is 2.19. The number of benzene rings is 2. The fourth-order valence-electron chi connectivity index (χ4n) is 2.19. The Balaban J connectivity index is 1.60. The number of carbonyl (C=O) groups is 2. The maximum absolute atomic E-state index is 12.2. The zero-order valence-electron chi connectivity index (χ0n) is 13.9. The van der Waals surface area contributed by atoms with Crippen LogP contribution in [-0.2, 0) is 9.53 Å². The van der Waals surface area contributed by atoms with Gasteiger partial charge in [-0.25, -0.2) is 4.79 Å². The van der Waals surface area contributed by atoms with Crippen LogP contribution >= 0.6 is 0 Å². The molecule has 1 heterocycles. The summed E-state index contributed by atoms with van der Waals surface area (Å²) in [5.74, 6) is -1.14. The second-order valence-electron chi connectivity index (χ2n) is 5.43. The van der Waals surface area contributed by atoms with E-state index in [0.29, 0.717) is 17.1 Å².